The van der Waals surface area contributed by atoms with Gasteiger partial charge in [-0.15, -0.1) is 0 Å². The molecule has 0 radical (unpaired) electrons. The van der Waals surface area contributed by atoms with Crippen LogP contribution in [-0.2, 0) is 4.79 Å². The number of rotatable bonds is 4. The molecule has 0 aliphatic heterocycles. The monoisotopic (exact) mass is 132 g/mol. The normalized spacial score (nSPS) is 14.2. The molecule has 54 valence electrons. The van der Waals surface area contributed by atoms with Crippen molar-refractivity contribution in [2.45, 2.75) is 32.2 Å². The molecule has 1 atom stereocenters. The third-order valence-corrected chi connectivity index (χ3v) is 1.17. The molecule has 0 aliphatic rings. The molecule has 0 bridgehead atoms. The number of unbranched alkanes of at least 4 members (excludes halogenated alkanes) is 1. The van der Waals surface area contributed by atoms with E-state index in [4.69, 9.17) is 7.16 Å². The van der Waals surface area contributed by atoms with Crippen molar-refractivity contribution < 1.29 is 9.90 Å². The first-order chi connectivity index (χ1) is 4.72. The summed E-state index contributed by atoms with van der Waals surface area (Å²) in [5.41, 5.74) is 5.32. The third kappa shape index (κ3) is 3.97. The molecule has 0 amide bonds. The van der Waals surface area contributed by atoms with E-state index in [0.717, 1.165) is 12.8 Å². The van der Waals surface area contributed by atoms with Gasteiger partial charge in [-0.2, -0.15) is 0 Å². The van der Waals surface area contributed by atoms with Gasteiger partial charge < -0.3 is 10.8 Å². The van der Waals surface area contributed by atoms with Crippen LogP contribution in [0.25, 0.3) is 1.43 Å². The molecule has 0 fully saturated rings. The first-order valence-corrected chi connectivity index (χ1v) is 3.15. The van der Waals surface area contributed by atoms with Crippen molar-refractivity contribution in [1.82, 2.24) is 0 Å². The van der Waals surface area contributed by atoms with Gasteiger partial charge in [0.05, 0.1) is 0 Å². The predicted octanol–water partition coefficient (Wildman–Crippen LogP) is 0.588. The molecule has 0 spiro atoms. The Labute approximate surface area is 56.4 Å². The highest BCUT2D eigenvalue weighted by Gasteiger charge is 2.08. The van der Waals surface area contributed by atoms with E-state index in [1.165, 1.54) is 0 Å². The van der Waals surface area contributed by atoms with Crippen LogP contribution in [0.4, 0.5) is 0 Å². The van der Waals surface area contributed by atoms with Crippen LogP contribution in [0.15, 0.2) is 0 Å². The zero-order chi connectivity index (χ0) is 7.98. The first kappa shape index (κ1) is 6.55. The Morgan fingerprint density at radius 2 is 2.67 bits per heavy atom. The van der Waals surface area contributed by atoms with Crippen LogP contribution in [0.3, 0.4) is 0 Å². The zero-order valence-corrected chi connectivity index (χ0v) is 5.59. The van der Waals surface area contributed by atoms with Crippen molar-refractivity contribution in [2.75, 3.05) is 0 Å². The number of carbonyl (C=O) groups is 1. The van der Waals surface area contributed by atoms with Crippen LogP contribution >= 0.6 is 0 Å². The van der Waals surface area contributed by atoms with Gasteiger partial charge >= 0.3 is 5.97 Å². The highest BCUT2D eigenvalue weighted by molar-refractivity contribution is 5.72. The van der Waals surface area contributed by atoms with Crippen LogP contribution in [0, 0.1) is 0 Å². The van der Waals surface area contributed by atoms with Gasteiger partial charge in [0, 0.05) is 0 Å². The van der Waals surface area contributed by atoms with Gasteiger partial charge in [-0.25, -0.2) is 0 Å². The molecule has 0 aromatic carbocycles. The molecular weight excluding hydrogens is 118 g/mol. The Morgan fingerprint density at radius 1 is 2.00 bits per heavy atom. The minimum absolute atomic E-state index is 0.605. The van der Waals surface area contributed by atoms with Crippen molar-refractivity contribution in [2.24, 2.45) is 5.73 Å². The summed E-state index contributed by atoms with van der Waals surface area (Å²) in [6.45, 7) is 2.01. The Morgan fingerprint density at radius 3 is 3.11 bits per heavy atom. The molecule has 0 aromatic rings. The smallest absolute Gasteiger partial charge is 0.320 e. The molecule has 3 heteroatoms. The summed E-state index contributed by atoms with van der Waals surface area (Å²) in [7, 11) is 0. The summed E-state index contributed by atoms with van der Waals surface area (Å²) in [4.78, 5) is 10.5. The molecule has 0 rings (SSSR count). The fourth-order valence-corrected chi connectivity index (χ4v) is 0.542. The van der Waals surface area contributed by atoms with Gasteiger partial charge in [-0.05, 0) is 6.42 Å². The molecule has 0 aromatic heterocycles. The minimum atomic E-state index is -0.645. The summed E-state index contributed by atoms with van der Waals surface area (Å²) >= 11 is 0. The molecule has 0 unspecified atom stereocenters. The molecule has 3 nitrogen and oxygen atoms in total. The molecular formula is C6H13NO2. The minimum Gasteiger partial charge on any atom is -0.480 e. The topological polar surface area (TPSA) is 63.3 Å². The third-order valence-electron chi connectivity index (χ3n) is 1.17. The van der Waals surface area contributed by atoms with Crippen molar-refractivity contribution in [3.05, 3.63) is 0 Å². The molecule has 0 saturated carbocycles. The molecule has 3 N–H and O–H groups in total. The number of carboxylic acid groups (broad SMARTS) is 1. The maximum absolute atomic E-state index is 10.5. The maximum Gasteiger partial charge on any atom is 0.320 e. The second-order valence-electron chi connectivity index (χ2n) is 2.07. The summed E-state index contributed by atoms with van der Waals surface area (Å²) in [6.07, 6.45) is 2.50. The van der Waals surface area contributed by atoms with Crippen molar-refractivity contribution in [3.63, 3.8) is 0 Å². The van der Waals surface area contributed by atoms with Crippen LogP contribution in [0.1, 0.15) is 26.2 Å². The van der Waals surface area contributed by atoms with Gasteiger partial charge in [0.15, 0.2) is 0 Å². The van der Waals surface area contributed by atoms with Gasteiger partial charge in [-0.1, -0.05) is 19.8 Å². The van der Waals surface area contributed by atoms with E-state index in [9.17, 15) is 4.79 Å². The lowest BCUT2D eigenvalue weighted by molar-refractivity contribution is -0.138. The first-order valence-electron chi connectivity index (χ1n) is 3.55. The van der Waals surface area contributed by atoms with E-state index in [0.29, 0.717) is 6.42 Å². The second kappa shape index (κ2) is 4.32. The Bertz CT molecular complexity index is 108. The van der Waals surface area contributed by atoms with E-state index < -0.39 is 12.0 Å². The molecule has 0 aliphatic carbocycles. The average molecular weight is 132 g/mol. The Balaban J connectivity index is 3.41. The summed E-state index contributed by atoms with van der Waals surface area (Å²) < 4.78 is 6.25. The van der Waals surface area contributed by atoms with E-state index in [-0.39, 0.29) is 0 Å². The van der Waals surface area contributed by atoms with Crippen LogP contribution < -0.4 is 5.73 Å². The number of nitrogens with two attached hydrogens (primary N) is 1. The lowest BCUT2D eigenvalue weighted by atomic mass is 10.1. The number of carboxylic acids is 1. The summed E-state index contributed by atoms with van der Waals surface area (Å²) in [5.74, 6) is -0.645. The van der Waals surface area contributed by atoms with E-state index >= 15 is 0 Å². The van der Waals surface area contributed by atoms with Crippen molar-refractivity contribution in [1.29, 1.82) is 1.43 Å². The predicted molar refractivity (Wildman–Crippen MR) is 35.1 cm³/mol. The second-order valence-corrected chi connectivity index (χ2v) is 2.07. The van der Waals surface area contributed by atoms with Gasteiger partial charge in [0.2, 0.25) is 0 Å². The molecule has 9 heavy (non-hydrogen) atoms. The highest BCUT2D eigenvalue weighted by atomic mass is 16.4. The SMILES string of the molecule is [2H]OC(=O)[C@@H](N)CCCC. The van der Waals surface area contributed by atoms with Crippen LogP contribution in [0.5, 0.6) is 0 Å². The van der Waals surface area contributed by atoms with E-state index in [2.05, 4.69) is 5.11 Å². The van der Waals surface area contributed by atoms with E-state index in [1.54, 1.807) is 0 Å². The van der Waals surface area contributed by atoms with Crippen LogP contribution in [0.2, 0.25) is 0 Å². The molecule has 0 heterocycles. The maximum atomic E-state index is 10.5. The summed E-state index contributed by atoms with van der Waals surface area (Å²) in [5, 5.41) is 3.70. The average Bonchev–Trinajstić information content (AvgIpc) is 1.98. The largest absolute Gasteiger partial charge is 0.480 e. The lowest BCUT2D eigenvalue weighted by Gasteiger charge is -2.02. The quantitative estimate of drug-likeness (QED) is 0.588. The number of aliphatic carboxylic acids is 1. The van der Waals surface area contributed by atoms with Crippen LogP contribution in [-0.4, -0.2) is 17.1 Å². The van der Waals surface area contributed by atoms with Gasteiger partial charge in [-0.3, -0.25) is 4.79 Å². The zero-order valence-electron chi connectivity index (χ0n) is 6.59. The number of hydrogen-bond acceptors (Lipinski definition) is 3. The fourth-order valence-electron chi connectivity index (χ4n) is 0.542. The van der Waals surface area contributed by atoms with Gasteiger partial charge in [0.25, 0.3) is 1.43 Å². The van der Waals surface area contributed by atoms with E-state index in [1.807, 2.05) is 6.92 Å². The van der Waals surface area contributed by atoms with Gasteiger partial charge in [0.1, 0.15) is 6.04 Å². The summed E-state index contributed by atoms with van der Waals surface area (Å²) in [6, 6.07) is -0.613. The Hall–Kier alpha value is -0.570. The lowest BCUT2D eigenvalue weighted by Crippen LogP contribution is -2.29. The molecule has 0 saturated heterocycles. The highest BCUT2D eigenvalue weighted by Crippen LogP contribution is 1.96. The fraction of sp³-hybridized carbons (Fsp3) is 0.833. The standard InChI is InChI=1S/C6H13NO2/c1-2-3-4-5(7)6(8)9/h5H,2-4,7H2,1H3,(H,8,9)/t5-/m0/s1/i/hD. The van der Waals surface area contributed by atoms with Crippen molar-refractivity contribution >= 4 is 5.97 Å². The Kier molecular flexibility index (Phi) is 3.15. The number of hydrogen-bond donors (Lipinski definition) is 2. The van der Waals surface area contributed by atoms with Crippen molar-refractivity contribution in [3.8, 4) is 0 Å².